The zero-order chi connectivity index (χ0) is 10.7. The van der Waals surface area contributed by atoms with Crippen LogP contribution in [0.2, 0.25) is 0 Å². The van der Waals surface area contributed by atoms with E-state index in [1.54, 1.807) is 19.2 Å². The third kappa shape index (κ3) is 2.21. The normalized spacial score (nSPS) is 20.9. The first-order valence-corrected chi connectivity index (χ1v) is 5.13. The van der Waals surface area contributed by atoms with Crippen molar-refractivity contribution in [1.82, 2.24) is 4.90 Å². The summed E-state index contributed by atoms with van der Waals surface area (Å²) in [6.45, 7) is 2.29. The minimum absolute atomic E-state index is 0.0152. The van der Waals surface area contributed by atoms with Crippen LogP contribution in [-0.2, 0) is 4.74 Å². The lowest BCUT2D eigenvalue weighted by molar-refractivity contribution is 0.0744. The molecule has 0 aromatic carbocycles. The highest BCUT2D eigenvalue weighted by Gasteiger charge is 2.27. The van der Waals surface area contributed by atoms with Crippen molar-refractivity contribution >= 4 is 5.91 Å². The van der Waals surface area contributed by atoms with Crippen molar-refractivity contribution < 1.29 is 13.9 Å². The molecule has 4 heteroatoms. The van der Waals surface area contributed by atoms with Gasteiger partial charge in [-0.3, -0.25) is 4.79 Å². The number of likely N-dealkylation sites (tertiary alicyclic amines) is 1. The molecule has 1 amide bonds. The fourth-order valence-electron chi connectivity index (χ4n) is 1.94. The molecule has 0 N–H and O–H groups in total. The molecule has 82 valence electrons. The summed E-state index contributed by atoms with van der Waals surface area (Å²) < 4.78 is 10.2. The molecule has 4 nitrogen and oxygen atoms in total. The smallest absolute Gasteiger partial charge is 0.289 e. The molecule has 2 heterocycles. The average Bonchev–Trinajstić information content (AvgIpc) is 2.87. The molecule has 0 radical (unpaired) electrons. The lowest BCUT2D eigenvalue weighted by Gasteiger charge is -2.14. The van der Waals surface area contributed by atoms with Crippen molar-refractivity contribution in [3.8, 4) is 0 Å². The number of hydrogen-bond donors (Lipinski definition) is 0. The van der Waals surface area contributed by atoms with Crippen LogP contribution in [0.1, 0.15) is 17.0 Å². The minimum atomic E-state index is -0.0152. The number of nitrogens with zero attached hydrogens (tertiary/aromatic N) is 1. The lowest BCUT2D eigenvalue weighted by atomic mass is 10.1. The van der Waals surface area contributed by atoms with Gasteiger partial charge in [0.25, 0.3) is 5.91 Å². The molecular formula is C11H15NO3. The summed E-state index contributed by atoms with van der Waals surface area (Å²) in [6.07, 6.45) is 2.54. The van der Waals surface area contributed by atoms with E-state index in [9.17, 15) is 4.79 Å². The molecule has 2 rings (SSSR count). The summed E-state index contributed by atoms with van der Waals surface area (Å²) in [4.78, 5) is 13.7. The monoisotopic (exact) mass is 209 g/mol. The number of rotatable bonds is 3. The first kappa shape index (κ1) is 10.2. The van der Waals surface area contributed by atoms with Crippen LogP contribution in [0.3, 0.4) is 0 Å². The molecule has 1 aliphatic heterocycles. The van der Waals surface area contributed by atoms with Crippen LogP contribution in [-0.4, -0.2) is 37.6 Å². The van der Waals surface area contributed by atoms with Crippen molar-refractivity contribution in [2.45, 2.75) is 6.42 Å². The molecule has 1 saturated heterocycles. The van der Waals surface area contributed by atoms with Crippen LogP contribution in [0, 0.1) is 5.92 Å². The summed E-state index contributed by atoms with van der Waals surface area (Å²) in [5.41, 5.74) is 0. The molecule has 1 aliphatic rings. The Morgan fingerprint density at radius 1 is 1.73 bits per heavy atom. The van der Waals surface area contributed by atoms with E-state index in [0.717, 1.165) is 26.1 Å². The quantitative estimate of drug-likeness (QED) is 0.755. The Labute approximate surface area is 88.8 Å². The van der Waals surface area contributed by atoms with Crippen molar-refractivity contribution in [3.05, 3.63) is 24.2 Å². The van der Waals surface area contributed by atoms with Crippen molar-refractivity contribution in [3.63, 3.8) is 0 Å². The topological polar surface area (TPSA) is 42.7 Å². The maximum absolute atomic E-state index is 11.8. The molecule has 0 saturated carbocycles. The van der Waals surface area contributed by atoms with Gasteiger partial charge in [-0.05, 0) is 18.6 Å². The second-order valence-electron chi connectivity index (χ2n) is 3.84. The van der Waals surface area contributed by atoms with Crippen LogP contribution in [0.5, 0.6) is 0 Å². The SMILES string of the molecule is COCC1CCN(C(=O)c2ccco2)C1. The summed E-state index contributed by atoms with van der Waals surface area (Å²) in [5, 5.41) is 0. The number of hydrogen-bond acceptors (Lipinski definition) is 3. The van der Waals surface area contributed by atoms with E-state index in [-0.39, 0.29) is 5.91 Å². The molecule has 1 fully saturated rings. The van der Waals surface area contributed by atoms with Gasteiger partial charge in [0.2, 0.25) is 0 Å². The molecule has 0 aliphatic carbocycles. The second kappa shape index (κ2) is 4.49. The summed E-state index contributed by atoms with van der Waals surface area (Å²) in [7, 11) is 1.69. The number of amides is 1. The number of carbonyl (C=O) groups excluding carboxylic acids is 1. The molecular weight excluding hydrogens is 194 g/mol. The van der Waals surface area contributed by atoms with E-state index in [4.69, 9.17) is 9.15 Å². The highest BCUT2D eigenvalue weighted by molar-refractivity contribution is 5.91. The summed E-state index contributed by atoms with van der Waals surface area (Å²) in [6, 6.07) is 3.43. The first-order chi connectivity index (χ1) is 7.31. The molecule has 1 atom stereocenters. The highest BCUT2D eigenvalue weighted by Crippen LogP contribution is 2.18. The number of methoxy groups -OCH3 is 1. The van der Waals surface area contributed by atoms with Gasteiger partial charge < -0.3 is 14.1 Å². The van der Waals surface area contributed by atoms with Crippen LogP contribution in [0.25, 0.3) is 0 Å². The van der Waals surface area contributed by atoms with Crippen LogP contribution < -0.4 is 0 Å². The highest BCUT2D eigenvalue weighted by atomic mass is 16.5. The van der Waals surface area contributed by atoms with Gasteiger partial charge in [0.15, 0.2) is 5.76 Å². The van der Waals surface area contributed by atoms with E-state index < -0.39 is 0 Å². The third-order valence-electron chi connectivity index (χ3n) is 2.71. The number of furan rings is 1. The van der Waals surface area contributed by atoms with Gasteiger partial charge in [-0.1, -0.05) is 0 Å². The second-order valence-corrected chi connectivity index (χ2v) is 3.84. The van der Waals surface area contributed by atoms with Crippen LogP contribution in [0.4, 0.5) is 0 Å². The van der Waals surface area contributed by atoms with Gasteiger partial charge in [-0.25, -0.2) is 0 Å². The van der Waals surface area contributed by atoms with Gasteiger partial charge in [0.1, 0.15) is 0 Å². The van der Waals surface area contributed by atoms with E-state index in [1.807, 2.05) is 4.90 Å². The van der Waals surface area contributed by atoms with Gasteiger partial charge in [-0.2, -0.15) is 0 Å². The maximum atomic E-state index is 11.8. The molecule has 1 aromatic rings. The fraction of sp³-hybridized carbons (Fsp3) is 0.545. The fourth-order valence-corrected chi connectivity index (χ4v) is 1.94. The largest absolute Gasteiger partial charge is 0.459 e. The third-order valence-corrected chi connectivity index (χ3v) is 2.71. The predicted octanol–water partition coefficient (Wildman–Crippen LogP) is 1.39. The average molecular weight is 209 g/mol. The molecule has 0 spiro atoms. The molecule has 0 bridgehead atoms. The Morgan fingerprint density at radius 2 is 2.60 bits per heavy atom. The van der Waals surface area contributed by atoms with E-state index >= 15 is 0 Å². The van der Waals surface area contributed by atoms with E-state index in [1.165, 1.54) is 6.26 Å². The van der Waals surface area contributed by atoms with E-state index in [2.05, 4.69) is 0 Å². The van der Waals surface area contributed by atoms with Crippen LogP contribution >= 0.6 is 0 Å². The van der Waals surface area contributed by atoms with Crippen molar-refractivity contribution in [1.29, 1.82) is 0 Å². The Bertz CT molecular complexity index is 321. The van der Waals surface area contributed by atoms with Gasteiger partial charge in [-0.15, -0.1) is 0 Å². The number of ether oxygens (including phenoxy) is 1. The zero-order valence-electron chi connectivity index (χ0n) is 8.81. The predicted molar refractivity (Wildman–Crippen MR) is 54.6 cm³/mol. The van der Waals surface area contributed by atoms with Gasteiger partial charge >= 0.3 is 0 Å². The first-order valence-electron chi connectivity index (χ1n) is 5.13. The molecule has 1 unspecified atom stereocenters. The lowest BCUT2D eigenvalue weighted by Crippen LogP contribution is -2.28. The number of carbonyl (C=O) groups is 1. The van der Waals surface area contributed by atoms with Crippen molar-refractivity contribution in [2.75, 3.05) is 26.8 Å². The van der Waals surface area contributed by atoms with Crippen LogP contribution in [0.15, 0.2) is 22.8 Å². The standard InChI is InChI=1S/C11H15NO3/c1-14-8-9-4-5-12(7-9)11(13)10-3-2-6-15-10/h2-3,6,9H,4-5,7-8H2,1H3. The van der Waals surface area contributed by atoms with Gasteiger partial charge in [0.05, 0.1) is 12.9 Å². The Kier molecular flexibility index (Phi) is 3.06. The molecule has 1 aromatic heterocycles. The Balaban J connectivity index is 1.93. The minimum Gasteiger partial charge on any atom is -0.459 e. The zero-order valence-corrected chi connectivity index (χ0v) is 8.81. The summed E-state index contributed by atoms with van der Waals surface area (Å²) in [5.74, 6) is 0.876. The maximum Gasteiger partial charge on any atom is 0.289 e. The van der Waals surface area contributed by atoms with E-state index in [0.29, 0.717) is 11.7 Å². The Hall–Kier alpha value is -1.29. The Morgan fingerprint density at radius 3 is 3.27 bits per heavy atom. The molecule has 15 heavy (non-hydrogen) atoms. The van der Waals surface area contributed by atoms with Gasteiger partial charge in [0, 0.05) is 26.1 Å². The summed E-state index contributed by atoms with van der Waals surface area (Å²) >= 11 is 0. The van der Waals surface area contributed by atoms with Crippen molar-refractivity contribution in [2.24, 2.45) is 5.92 Å².